The first-order valence-corrected chi connectivity index (χ1v) is 11.2. The Morgan fingerprint density at radius 1 is 0.970 bits per heavy atom. The molecular weight excluding hydrogens is 432 g/mol. The highest BCUT2D eigenvalue weighted by Gasteiger charge is 2.16. The van der Waals surface area contributed by atoms with Crippen LogP contribution in [0, 0.1) is 6.92 Å². The third-order valence-corrected chi connectivity index (χ3v) is 7.00. The summed E-state index contributed by atoms with van der Waals surface area (Å²) < 4.78 is 0. The van der Waals surface area contributed by atoms with E-state index in [-0.39, 0.29) is 5.78 Å². The molecule has 0 bridgehead atoms. The minimum absolute atomic E-state index is 0.0717. The summed E-state index contributed by atoms with van der Waals surface area (Å²) in [6.45, 7) is 3.65. The summed E-state index contributed by atoms with van der Waals surface area (Å²) in [6.07, 6.45) is 7.25. The van der Waals surface area contributed by atoms with Gasteiger partial charge in [-0.15, -0.1) is 11.3 Å². The zero-order valence-electron chi connectivity index (χ0n) is 17.9. The van der Waals surface area contributed by atoms with Crippen LogP contribution < -0.4 is 0 Å². The van der Waals surface area contributed by atoms with Crippen molar-refractivity contribution in [3.63, 3.8) is 0 Å². The van der Waals surface area contributed by atoms with Crippen molar-refractivity contribution >= 4 is 39.2 Å². The van der Waals surface area contributed by atoms with E-state index in [0.717, 1.165) is 59.8 Å². The number of ketones is 1. The summed E-state index contributed by atoms with van der Waals surface area (Å²) in [5.41, 5.74) is 7.34. The number of nitrogens with one attached hydrogen (secondary N) is 2. The zero-order valence-corrected chi connectivity index (χ0v) is 18.7. The number of fused-ring (bicyclic) bond motifs is 2. The molecule has 6 rings (SSSR count). The Morgan fingerprint density at radius 2 is 1.88 bits per heavy atom. The fourth-order valence-corrected chi connectivity index (χ4v) is 5.01. The van der Waals surface area contributed by atoms with Gasteiger partial charge in [-0.1, -0.05) is 0 Å². The van der Waals surface area contributed by atoms with Gasteiger partial charge in [0.25, 0.3) is 0 Å². The molecule has 0 unspecified atom stereocenters. The summed E-state index contributed by atoms with van der Waals surface area (Å²) in [4.78, 5) is 30.3. The molecule has 6 heterocycles. The molecule has 7 nitrogen and oxygen atoms in total. The standard InChI is InChI=1S/C25H18N6OS/c1-13-5-7-26-12-19(13)15-9-18-23(30-31-25(18)28-11-15)20-10-17-16(6-8-27-24(17)29-20)22-4-3-21(33-22)14(2)32/h3-12H,1-2H3,(H,27,29)(H,28,30,31). The second kappa shape index (κ2) is 7.46. The van der Waals surface area contributed by atoms with Crippen LogP contribution >= 0.6 is 11.3 Å². The largest absolute Gasteiger partial charge is 0.338 e. The molecule has 33 heavy (non-hydrogen) atoms. The minimum Gasteiger partial charge on any atom is -0.338 e. The number of H-pyrrole nitrogens is 2. The van der Waals surface area contributed by atoms with Crippen molar-refractivity contribution in [3.05, 3.63) is 71.6 Å². The molecule has 0 fully saturated rings. The van der Waals surface area contributed by atoms with Gasteiger partial charge in [0, 0.05) is 57.1 Å². The van der Waals surface area contributed by atoms with Crippen LogP contribution in [0.15, 0.2) is 61.2 Å². The van der Waals surface area contributed by atoms with Crippen LogP contribution in [0.25, 0.3) is 55.0 Å². The Balaban J connectivity index is 1.49. The van der Waals surface area contributed by atoms with Crippen LogP contribution in [-0.4, -0.2) is 35.9 Å². The normalized spacial score (nSPS) is 11.5. The molecule has 8 heteroatoms. The number of thiophene rings is 1. The van der Waals surface area contributed by atoms with Crippen LogP contribution in [0.5, 0.6) is 0 Å². The van der Waals surface area contributed by atoms with E-state index in [1.165, 1.54) is 11.3 Å². The molecule has 0 spiro atoms. The SMILES string of the molecule is CC(=O)c1ccc(-c2ccnc3[nH]c(-c4[nH]nc5ncc(-c6cnccc6C)cc45)cc23)s1. The second-order valence-electron chi connectivity index (χ2n) is 7.91. The van der Waals surface area contributed by atoms with Crippen molar-refractivity contribution < 1.29 is 4.79 Å². The van der Waals surface area contributed by atoms with Crippen LogP contribution in [-0.2, 0) is 0 Å². The zero-order chi connectivity index (χ0) is 22.5. The first kappa shape index (κ1) is 19.5. The van der Waals surface area contributed by atoms with Crippen LogP contribution in [0.2, 0.25) is 0 Å². The lowest BCUT2D eigenvalue weighted by atomic mass is 10.0. The number of pyridine rings is 3. The van der Waals surface area contributed by atoms with Crippen molar-refractivity contribution in [1.82, 2.24) is 30.1 Å². The van der Waals surface area contributed by atoms with Crippen molar-refractivity contribution in [2.24, 2.45) is 0 Å². The minimum atomic E-state index is 0.0717. The number of hydrogen-bond donors (Lipinski definition) is 2. The average Bonchev–Trinajstić information content (AvgIpc) is 3.56. The lowest BCUT2D eigenvalue weighted by Gasteiger charge is -2.04. The molecule has 0 aliphatic rings. The first-order valence-electron chi connectivity index (χ1n) is 10.4. The predicted molar refractivity (Wildman–Crippen MR) is 130 cm³/mol. The van der Waals surface area contributed by atoms with E-state index in [0.29, 0.717) is 5.65 Å². The number of carbonyl (C=O) groups excluding carboxylic acids is 1. The van der Waals surface area contributed by atoms with Crippen molar-refractivity contribution in [1.29, 1.82) is 0 Å². The highest BCUT2D eigenvalue weighted by Crippen LogP contribution is 2.36. The quantitative estimate of drug-likeness (QED) is 0.331. The van der Waals surface area contributed by atoms with Crippen LogP contribution in [0.4, 0.5) is 0 Å². The van der Waals surface area contributed by atoms with Gasteiger partial charge in [-0.2, -0.15) is 5.10 Å². The Labute approximate surface area is 192 Å². The highest BCUT2D eigenvalue weighted by atomic mass is 32.1. The van der Waals surface area contributed by atoms with Crippen LogP contribution in [0.1, 0.15) is 22.2 Å². The van der Waals surface area contributed by atoms with Gasteiger partial charge in [-0.3, -0.25) is 14.9 Å². The van der Waals surface area contributed by atoms with Gasteiger partial charge in [0.05, 0.1) is 16.3 Å². The number of aryl methyl sites for hydroxylation is 1. The van der Waals surface area contributed by atoms with Crippen LogP contribution in [0.3, 0.4) is 0 Å². The molecule has 6 aromatic heterocycles. The second-order valence-corrected chi connectivity index (χ2v) is 8.99. The molecular formula is C25H18N6OS. The van der Waals surface area contributed by atoms with E-state index in [2.05, 4.69) is 49.2 Å². The number of aromatic amines is 2. The third kappa shape index (κ3) is 3.23. The van der Waals surface area contributed by atoms with E-state index >= 15 is 0 Å². The Morgan fingerprint density at radius 3 is 2.70 bits per heavy atom. The lowest BCUT2D eigenvalue weighted by molar-refractivity contribution is 0.102. The van der Waals surface area contributed by atoms with E-state index < -0.39 is 0 Å². The molecule has 2 N–H and O–H groups in total. The molecule has 0 aromatic carbocycles. The van der Waals surface area contributed by atoms with Gasteiger partial charge >= 0.3 is 0 Å². The maximum absolute atomic E-state index is 11.8. The van der Waals surface area contributed by atoms with E-state index in [4.69, 9.17) is 0 Å². The highest BCUT2D eigenvalue weighted by molar-refractivity contribution is 7.17. The lowest BCUT2D eigenvalue weighted by Crippen LogP contribution is -1.87. The number of Topliss-reactive ketones (excluding diaryl/α,β-unsaturated/α-hetero) is 1. The van der Waals surface area contributed by atoms with Gasteiger partial charge in [0.15, 0.2) is 11.4 Å². The van der Waals surface area contributed by atoms with Crippen molar-refractivity contribution in [3.8, 4) is 33.0 Å². The fraction of sp³-hybridized carbons (Fsp3) is 0.0800. The number of hydrogen-bond acceptors (Lipinski definition) is 6. The Kier molecular flexibility index (Phi) is 4.41. The molecule has 6 aromatic rings. The number of rotatable bonds is 4. The molecule has 0 amide bonds. The molecule has 0 atom stereocenters. The van der Waals surface area contributed by atoms with Crippen molar-refractivity contribution in [2.75, 3.05) is 0 Å². The maximum atomic E-state index is 11.8. The molecule has 0 saturated heterocycles. The molecule has 160 valence electrons. The molecule has 0 saturated carbocycles. The summed E-state index contributed by atoms with van der Waals surface area (Å²) >= 11 is 1.49. The van der Waals surface area contributed by atoms with Gasteiger partial charge in [-0.05, 0) is 55.8 Å². The Hall–Kier alpha value is -4.17. The number of carbonyl (C=O) groups is 1. The fourth-order valence-electron chi connectivity index (χ4n) is 4.07. The topological polar surface area (TPSA) is 100 Å². The summed E-state index contributed by atoms with van der Waals surface area (Å²) in [6, 6.07) is 12.0. The Bertz CT molecular complexity index is 1680. The monoisotopic (exact) mass is 450 g/mol. The third-order valence-electron chi connectivity index (χ3n) is 5.78. The van der Waals surface area contributed by atoms with E-state index in [1.807, 2.05) is 36.7 Å². The van der Waals surface area contributed by atoms with Gasteiger partial charge in [0.2, 0.25) is 0 Å². The first-order chi connectivity index (χ1) is 16.1. The smallest absolute Gasteiger partial charge is 0.181 e. The number of nitrogens with zero attached hydrogens (tertiary/aromatic N) is 4. The van der Waals surface area contributed by atoms with Gasteiger partial charge < -0.3 is 4.98 Å². The molecule has 0 aliphatic heterocycles. The summed E-state index contributed by atoms with van der Waals surface area (Å²) in [5.74, 6) is 0.0717. The maximum Gasteiger partial charge on any atom is 0.181 e. The van der Waals surface area contributed by atoms with Crippen molar-refractivity contribution in [2.45, 2.75) is 13.8 Å². The molecule has 0 aliphatic carbocycles. The predicted octanol–water partition coefficient (Wildman–Crippen LogP) is 5.80. The number of aromatic nitrogens is 6. The summed E-state index contributed by atoms with van der Waals surface area (Å²) in [7, 11) is 0. The summed E-state index contributed by atoms with van der Waals surface area (Å²) in [5, 5.41) is 9.43. The average molecular weight is 451 g/mol. The van der Waals surface area contributed by atoms with E-state index in [1.54, 1.807) is 19.3 Å². The molecule has 0 radical (unpaired) electrons. The van der Waals surface area contributed by atoms with Gasteiger partial charge in [0.1, 0.15) is 5.65 Å². The van der Waals surface area contributed by atoms with E-state index in [9.17, 15) is 4.79 Å². The van der Waals surface area contributed by atoms with Gasteiger partial charge in [-0.25, -0.2) is 9.97 Å².